The molecule has 0 aliphatic carbocycles. The van der Waals surface area contributed by atoms with E-state index in [1.54, 1.807) is 20.0 Å². The number of rotatable bonds is 14. The van der Waals surface area contributed by atoms with Crippen LogP contribution in [0.3, 0.4) is 0 Å². The Labute approximate surface area is 221 Å². The highest BCUT2D eigenvalue weighted by Crippen LogP contribution is 2.19. The summed E-state index contributed by atoms with van der Waals surface area (Å²) in [6, 6.07) is 3.28. The molecule has 0 radical (unpaired) electrons. The number of aromatic nitrogens is 1. The zero-order valence-corrected chi connectivity index (χ0v) is 21.9. The first-order chi connectivity index (χ1) is 17.9. The Bertz CT molecular complexity index is 1160. The number of hydrogen-bond acceptors (Lipinski definition) is 6. The third kappa shape index (κ3) is 8.76. The number of aliphatic imine (C=N–C) groups is 1. The van der Waals surface area contributed by atoms with E-state index in [0.717, 1.165) is 16.5 Å². The van der Waals surface area contributed by atoms with Gasteiger partial charge < -0.3 is 43.2 Å². The molecule has 0 bridgehead atoms. The minimum Gasteiger partial charge on any atom is -0.480 e. The SMILES string of the molecule is CC(NC(=O)C(Cc1c[nH]c2ccccc12)NC(=O)C(CCCN=C(N)N)NC(=O)C(N)C(C)C)C(=O)O. The number of fused-ring (bicyclic) bond motifs is 1. The number of hydrogen-bond donors (Lipinski definition) is 8. The van der Waals surface area contributed by atoms with Crippen LogP contribution in [0.4, 0.5) is 0 Å². The van der Waals surface area contributed by atoms with Crippen molar-refractivity contribution in [1.29, 1.82) is 0 Å². The van der Waals surface area contributed by atoms with Gasteiger partial charge in [0.1, 0.15) is 18.1 Å². The molecule has 4 atom stereocenters. The molecule has 1 heterocycles. The molecule has 0 spiro atoms. The standard InChI is InChI=1S/C25H38N8O5/c1-13(2)20(26)23(36)32-18(9-6-10-29-25(27)28)21(34)33-19(22(35)31-14(3)24(37)38)11-15-12-30-17-8-5-4-7-16(15)17/h4-5,7-8,12-14,18-20,30H,6,9-11,26H2,1-3H3,(H,31,35)(H,32,36)(H,33,34)(H,37,38)(H4,27,28,29). The Morgan fingerprint density at radius 3 is 2.24 bits per heavy atom. The molecule has 1 aromatic carbocycles. The molecule has 11 N–H and O–H groups in total. The van der Waals surface area contributed by atoms with Gasteiger partial charge in [-0.15, -0.1) is 0 Å². The number of amides is 3. The average molecular weight is 531 g/mol. The van der Waals surface area contributed by atoms with Gasteiger partial charge in [0.25, 0.3) is 0 Å². The van der Waals surface area contributed by atoms with E-state index in [1.165, 1.54) is 6.92 Å². The Balaban J connectivity index is 2.28. The maximum Gasteiger partial charge on any atom is 0.325 e. The second-order valence-corrected chi connectivity index (χ2v) is 9.47. The number of carboxylic acids is 1. The first-order valence-electron chi connectivity index (χ1n) is 12.4. The maximum atomic E-state index is 13.4. The van der Waals surface area contributed by atoms with Crippen molar-refractivity contribution >= 4 is 40.6 Å². The van der Waals surface area contributed by atoms with Gasteiger partial charge in [-0.3, -0.25) is 24.2 Å². The molecule has 208 valence electrons. The highest BCUT2D eigenvalue weighted by atomic mass is 16.4. The number of carboxylic acid groups (broad SMARTS) is 1. The minimum atomic E-state index is -1.22. The lowest BCUT2D eigenvalue weighted by atomic mass is 10.0. The van der Waals surface area contributed by atoms with Crippen LogP contribution in [0.15, 0.2) is 35.5 Å². The highest BCUT2D eigenvalue weighted by Gasteiger charge is 2.30. The van der Waals surface area contributed by atoms with E-state index in [0.29, 0.717) is 6.42 Å². The number of carbonyl (C=O) groups excluding carboxylic acids is 3. The predicted molar refractivity (Wildman–Crippen MR) is 144 cm³/mol. The molecule has 0 aliphatic heterocycles. The van der Waals surface area contributed by atoms with E-state index in [2.05, 4.69) is 25.9 Å². The number of H-pyrrole nitrogens is 1. The third-order valence-corrected chi connectivity index (χ3v) is 6.06. The molecule has 38 heavy (non-hydrogen) atoms. The quantitative estimate of drug-likeness (QED) is 0.0882. The van der Waals surface area contributed by atoms with Gasteiger partial charge in [0.05, 0.1) is 6.04 Å². The van der Waals surface area contributed by atoms with Crippen LogP contribution in [0.2, 0.25) is 0 Å². The monoisotopic (exact) mass is 530 g/mol. The van der Waals surface area contributed by atoms with Crippen LogP contribution in [-0.2, 0) is 25.6 Å². The fourth-order valence-electron chi connectivity index (χ4n) is 3.72. The summed E-state index contributed by atoms with van der Waals surface area (Å²) in [5, 5.41) is 17.9. The van der Waals surface area contributed by atoms with E-state index in [9.17, 15) is 24.3 Å². The summed E-state index contributed by atoms with van der Waals surface area (Å²) in [6.45, 7) is 5.12. The second-order valence-electron chi connectivity index (χ2n) is 9.47. The zero-order chi connectivity index (χ0) is 28.4. The Morgan fingerprint density at radius 1 is 0.974 bits per heavy atom. The van der Waals surface area contributed by atoms with Crippen molar-refractivity contribution in [1.82, 2.24) is 20.9 Å². The van der Waals surface area contributed by atoms with E-state index >= 15 is 0 Å². The van der Waals surface area contributed by atoms with Crippen LogP contribution in [0.1, 0.15) is 39.2 Å². The number of nitrogens with two attached hydrogens (primary N) is 3. The fraction of sp³-hybridized carbons (Fsp3) is 0.480. The Hall–Kier alpha value is -4.13. The molecule has 2 rings (SSSR count). The number of aliphatic carboxylic acids is 1. The normalized spacial score (nSPS) is 14.2. The number of nitrogens with zero attached hydrogens (tertiary/aromatic N) is 1. The van der Waals surface area contributed by atoms with Gasteiger partial charge in [-0.1, -0.05) is 32.0 Å². The van der Waals surface area contributed by atoms with Gasteiger partial charge >= 0.3 is 5.97 Å². The lowest BCUT2D eigenvalue weighted by Crippen LogP contribution is -2.57. The van der Waals surface area contributed by atoms with Crippen molar-refractivity contribution in [3.8, 4) is 0 Å². The van der Waals surface area contributed by atoms with Crippen LogP contribution in [0, 0.1) is 5.92 Å². The molecular formula is C25H38N8O5. The molecule has 2 aromatic rings. The van der Waals surface area contributed by atoms with Crippen LogP contribution in [-0.4, -0.2) is 70.5 Å². The number of benzene rings is 1. The van der Waals surface area contributed by atoms with E-state index in [1.807, 2.05) is 24.3 Å². The highest BCUT2D eigenvalue weighted by molar-refractivity contribution is 5.94. The first kappa shape index (κ1) is 30.1. The summed E-state index contributed by atoms with van der Waals surface area (Å²) in [7, 11) is 0. The summed E-state index contributed by atoms with van der Waals surface area (Å²) >= 11 is 0. The summed E-state index contributed by atoms with van der Waals surface area (Å²) in [6.07, 6.45) is 2.34. The molecule has 13 heteroatoms. The smallest absolute Gasteiger partial charge is 0.325 e. The lowest BCUT2D eigenvalue weighted by Gasteiger charge is -2.25. The summed E-state index contributed by atoms with van der Waals surface area (Å²) in [4.78, 5) is 57.4. The molecule has 13 nitrogen and oxygen atoms in total. The van der Waals surface area contributed by atoms with Crippen molar-refractivity contribution in [2.24, 2.45) is 28.1 Å². The van der Waals surface area contributed by atoms with Gasteiger partial charge in [-0.25, -0.2) is 0 Å². The largest absolute Gasteiger partial charge is 0.480 e. The number of nitrogens with one attached hydrogen (secondary N) is 4. The van der Waals surface area contributed by atoms with Gasteiger partial charge in [-0.2, -0.15) is 0 Å². The topological polar surface area (TPSA) is 231 Å². The van der Waals surface area contributed by atoms with Crippen molar-refractivity contribution in [2.75, 3.05) is 6.54 Å². The van der Waals surface area contributed by atoms with Crippen LogP contribution in [0.5, 0.6) is 0 Å². The number of aromatic amines is 1. The molecule has 0 saturated carbocycles. The first-order valence-corrected chi connectivity index (χ1v) is 12.4. The molecule has 3 amide bonds. The van der Waals surface area contributed by atoms with Crippen molar-refractivity contribution in [3.63, 3.8) is 0 Å². The molecule has 4 unspecified atom stereocenters. The second kappa shape index (κ2) is 14.0. The van der Waals surface area contributed by atoms with Crippen molar-refractivity contribution < 1.29 is 24.3 Å². The summed E-state index contributed by atoms with van der Waals surface area (Å²) < 4.78 is 0. The fourth-order valence-corrected chi connectivity index (χ4v) is 3.72. The minimum absolute atomic E-state index is 0.0775. The molecule has 0 saturated heterocycles. The average Bonchev–Trinajstić information content (AvgIpc) is 3.27. The van der Waals surface area contributed by atoms with Gasteiger partial charge in [0.2, 0.25) is 17.7 Å². The van der Waals surface area contributed by atoms with E-state index in [-0.39, 0.29) is 31.3 Å². The number of para-hydroxylation sites is 1. The van der Waals surface area contributed by atoms with Crippen LogP contribution in [0.25, 0.3) is 10.9 Å². The summed E-state index contributed by atoms with van der Waals surface area (Å²) in [5.74, 6) is -3.30. The maximum absolute atomic E-state index is 13.4. The molecule has 1 aromatic heterocycles. The van der Waals surface area contributed by atoms with Crippen LogP contribution >= 0.6 is 0 Å². The summed E-state index contributed by atoms with van der Waals surface area (Å²) in [5.41, 5.74) is 18.3. The van der Waals surface area contributed by atoms with Crippen molar-refractivity contribution in [3.05, 3.63) is 36.0 Å². The predicted octanol–water partition coefficient (Wildman–Crippen LogP) is -0.694. The van der Waals surface area contributed by atoms with Gasteiger partial charge in [0.15, 0.2) is 5.96 Å². The molecular weight excluding hydrogens is 492 g/mol. The lowest BCUT2D eigenvalue weighted by molar-refractivity contribution is -0.141. The van der Waals surface area contributed by atoms with Gasteiger partial charge in [-0.05, 0) is 37.3 Å². The third-order valence-electron chi connectivity index (χ3n) is 6.06. The Morgan fingerprint density at radius 2 is 1.61 bits per heavy atom. The van der Waals surface area contributed by atoms with E-state index in [4.69, 9.17) is 17.2 Å². The van der Waals surface area contributed by atoms with E-state index < -0.39 is 47.9 Å². The molecule has 0 fully saturated rings. The Kier molecular flexibility index (Phi) is 11.1. The zero-order valence-electron chi connectivity index (χ0n) is 21.9. The van der Waals surface area contributed by atoms with Gasteiger partial charge in [0, 0.05) is 30.1 Å². The van der Waals surface area contributed by atoms with Crippen LogP contribution < -0.4 is 33.2 Å². The number of carbonyl (C=O) groups is 4. The van der Waals surface area contributed by atoms with Crippen molar-refractivity contribution in [2.45, 2.75) is 64.2 Å². The number of guanidine groups is 1. The molecule has 0 aliphatic rings.